The molecule has 1 saturated heterocycles. The van der Waals surface area contributed by atoms with E-state index in [9.17, 15) is 4.79 Å². The van der Waals surface area contributed by atoms with Crippen LogP contribution in [0.1, 0.15) is 24.8 Å². The summed E-state index contributed by atoms with van der Waals surface area (Å²) in [6.07, 6.45) is 4.47. The molecule has 1 aliphatic heterocycles. The van der Waals surface area contributed by atoms with Crippen molar-refractivity contribution in [3.05, 3.63) is 23.8 Å². The van der Waals surface area contributed by atoms with Gasteiger partial charge >= 0.3 is 0 Å². The summed E-state index contributed by atoms with van der Waals surface area (Å²) in [5.41, 5.74) is 8.82. The monoisotopic (exact) mass is 233 g/mol. The van der Waals surface area contributed by atoms with Crippen molar-refractivity contribution in [2.75, 3.05) is 23.4 Å². The molecule has 0 aromatic heterocycles. The minimum Gasteiger partial charge on any atom is -0.370 e. The summed E-state index contributed by atoms with van der Waals surface area (Å²) in [6, 6.07) is 6.21. The second kappa shape index (κ2) is 5.57. The van der Waals surface area contributed by atoms with Crippen LogP contribution in [0.2, 0.25) is 0 Å². The Balaban J connectivity index is 2.24. The first-order chi connectivity index (χ1) is 8.33. The highest BCUT2D eigenvalue weighted by molar-refractivity contribution is 5.74. The van der Waals surface area contributed by atoms with Gasteiger partial charge in [0, 0.05) is 13.1 Å². The van der Waals surface area contributed by atoms with Crippen molar-refractivity contribution >= 4 is 17.8 Å². The molecule has 1 amide bonds. The van der Waals surface area contributed by atoms with E-state index in [4.69, 9.17) is 0 Å². The van der Waals surface area contributed by atoms with Crippen LogP contribution in [0.25, 0.3) is 0 Å². The Kier molecular flexibility index (Phi) is 3.85. The lowest BCUT2D eigenvalue weighted by molar-refractivity contribution is -0.109. The van der Waals surface area contributed by atoms with Gasteiger partial charge in [0.15, 0.2) is 0 Å². The topological polar surface area (TPSA) is 44.4 Å². The van der Waals surface area contributed by atoms with Gasteiger partial charge in [0.05, 0.1) is 11.4 Å². The Hall–Kier alpha value is -1.71. The van der Waals surface area contributed by atoms with Crippen LogP contribution in [-0.2, 0) is 4.79 Å². The van der Waals surface area contributed by atoms with E-state index >= 15 is 0 Å². The largest absolute Gasteiger partial charge is 0.370 e. The standard InChI is InChI=1S/C13H19N3O/c1-11-6-5-7-12(13(11)15-14-10-17)16-8-3-2-4-9-16/h5-7,10,15H,2-4,8-9H2,1H3,(H,14,17). The van der Waals surface area contributed by atoms with E-state index in [1.165, 1.54) is 24.9 Å². The van der Waals surface area contributed by atoms with Crippen molar-refractivity contribution in [2.45, 2.75) is 26.2 Å². The van der Waals surface area contributed by atoms with E-state index in [0.29, 0.717) is 6.41 Å². The minimum absolute atomic E-state index is 0.659. The number of hydrogen-bond donors (Lipinski definition) is 2. The van der Waals surface area contributed by atoms with Gasteiger partial charge in [0.1, 0.15) is 0 Å². The summed E-state index contributed by atoms with van der Waals surface area (Å²) >= 11 is 0. The molecule has 4 heteroatoms. The van der Waals surface area contributed by atoms with Gasteiger partial charge in [-0.25, -0.2) is 0 Å². The number of nitrogens with one attached hydrogen (secondary N) is 2. The number of rotatable bonds is 4. The lowest BCUT2D eigenvalue weighted by Crippen LogP contribution is -2.31. The van der Waals surface area contributed by atoms with Gasteiger partial charge < -0.3 is 4.90 Å². The van der Waals surface area contributed by atoms with Crippen LogP contribution in [-0.4, -0.2) is 19.5 Å². The first-order valence-corrected chi connectivity index (χ1v) is 6.12. The molecule has 0 radical (unpaired) electrons. The van der Waals surface area contributed by atoms with E-state index in [1.54, 1.807) is 0 Å². The highest BCUT2D eigenvalue weighted by Crippen LogP contribution is 2.30. The van der Waals surface area contributed by atoms with Crippen molar-refractivity contribution in [3.8, 4) is 0 Å². The van der Waals surface area contributed by atoms with Gasteiger partial charge in [-0.15, -0.1) is 0 Å². The molecule has 1 heterocycles. The molecule has 92 valence electrons. The van der Waals surface area contributed by atoms with Crippen molar-refractivity contribution in [2.24, 2.45) is 0 Å². The molecule has 2 rings (SSSR count). The number of aryl methyl sites for hydroxylation is 1. The predicted molar refractivity (Wildman–Crippen MR) is 70.1 cm³/mol. The Morgan fingerprint density at radius 1 is 1.24 bits per heavy atom. The molecule has 0 bridgehead atoms. The third kappa shape index (κ3) is 2.70. The summed E-state index contributed by atoms with van der Waals surface area (Å²) < 4.78 is 0. The Morgan fingerprint density at radius 2 is 2.00 bits per heavy atom. The Bertz CT molecular complexity index is 386. The number of nitrogens with zero attached hydrogens (tertiary/aromatic N) is 1. The molecule has 1 aromatic rings. The lowest BCUT2D eigenvalue weighted by atomic mass is 10.1. The molecule has 0 unspecified atom stereocenters. The molecule has 0 spiro atoms. The van der Waals surface area contributed by atoms with Gasteiger partial charge in [0.25, 0.3) is 0 Å². The molecule has 0 aliphatic carbocycles. The summed E-state index contributed by atoms with van der Waals surface area (Å²) in [6.45, 7) is 4.24. The van der Waals surface area contributed by atoms with Crippen LogP contribution in [0.15, 0.2) is 18.2 Å². The fourth-order valence-electron chi connectivity index (χ4n) is 2.31. The third-order valence-corrected chi connectivity index (χ3v) is 3.20. The minimum atomic E-state index is 0.659. The molecule has 0 atom stereocenters. The zero-order chi connectivity index (χ0) is 12.1. The highest BCUT2D eigenvalue weighted by Gasteiger charge is 2.15. The summed E-state index contributed by atoms with van der Waals surface area (Å²) in [5, 5.41) is 0. The first kappa shape index (κ1) is 11.8. The summed E-state index contributed by atoms with van der Waals surface area (Å²) in [5.74, 6) is 0. The number of carbonyl (C=O) groups is 1. The van der Waals surface area contributed by atoms with Crippen LogP contribution in [0.5, 0.6) is 0 Å². The van der Waals surface area contributed by atoms with E-state index in [-0.39, 0.29) is 0 Å². The van der Waals surface area contributed by atoms with Crippen LogP contribution < -0.4 is 15.8 Å². The van der Waals surface area contributed by atoms with Crippen molar-refractivity contribution in [1.29, 1.82) is 0 Å². The molecule has 0 saturated carbocycles. The molecule has 17 heavy (non-hydrogen) atoms. The maximum Gasteiger partial charge on any atom is 0.225 e. The third-order valence-electron chi connectivity index (χ3n) is 3.20. The molecular formula is C13H19N3O. The second-order valence-corrected chi connectivity index (χ2v) is 4.40. The fraction of sp³-hybridized carbons (Fsp3) is 0.462. The smallest absolute Gasteiger partial charge is 0.225 e. The van der Waals surface area contributed by atoms with Crippen LogP contribution in [0.4, 0.5) is 11.4 Å². The average molecular weight is 233 g/mol. The Labute approximate surface area is 102 Å². The van der Waals surface area contributed by atoms with Gasteiger partial charge in [-0.2, -0.15) is 0 Å². The number of hydrogen-bond acceptors (Lipinski definition) is 3. The van der Waals surface area contributed by atoms with E-state index < -0.39 is 0 Å². The fourth-order valence-corrected chi connectivity index (χ4v) is 2.31. The quantitative estimate of drug-likeness (QED) is 0.618. The van der Waals surface area contributed by atoms with Crippen LogP contribution in [0.3, 0.4) is 0 Å². The van der Waals surface area contributed by atoms with E-state index in [1.807, 2.05) is 13.0 Å². The van der Waals surface area contributed by atoms with E-state index in [0.717, 1.165) is 24.3 Å². The van der Waals surface area contributed by atoms with Crippen molar-refractivity contribution in [3.63, 3.8) is 0 Å². The van der Waals surface area contributed by atoms with Gasteiger partial charge in [-0.1, -0.05) is 12.1 Å². The summed E-state index contributed by atoms with van der Waals surface area (Å²) in [7, 11) is 0. The van der Waals surface area contributed by atoms with Crippen LogP contribution >= 0.6 is 0 Å². The summed E-state index contributed by atoms with van der Waals surface area (Å²) in [4.78, 5) is 12.8. The number of para-hydroxylation sites is 1. The average Bonchev–Trinajstić information content (AvgIpc) is 2.38. The maximum atomic E-state index is 10.4. The number of anilines is 2. The lowest BCUT2D eigenvalue weighted by Gasteiger charge is -2.31. The molecule has 1 aliphatic rings. The predicted octanol–water partition coefficient (Wildman–Crippen LogP) is 2.06. The number of hydrazine groups is 1. The zero-order valence-electron chi connectivity index (χ0n) is 10.2. The number of carbonyl (C=O) groups excluding carboxylic acids is 1. The first-order valence-electron chi connectivity index (χ1n) is 6.12. The van der Waals surface area contributed by atoms with E-state index in [2.05, 4.69) is 27.9 Å². The Morgan fingerprint density at radius 3 is 2.71 bits per heavy atom. The zero-order valence-corrected chi connectivity index (χ0v) is 10.2. The maximum absolute atomic E-state index is 10.4. The van der Waals surface area contributed by atoms with Crippen molar-refractivity contribution in [1.82, 2.24) is 5.43 Å². The normalized spacial score (nSPS) is 15.5. The van der Waals surface area contributed by atoms with Crippen LogP contribution in [0, 0.1) is 6.92 Å². The van der Waals surface area contributed by atoms with Gasteiger partial charge in [-0.05, 0) is 37.8 Å². The van der Waals surface area contributed by atoms with Gasteiger partial charge in [0.2, 0.25) is 6.41 Å². The van der Waals surface area contributed by atoms with Gasteiger partial charge in [-0.3, -0.25) is 15.6 Å². The van der Waals surface area contributed by atoms with Crippen molar-refractivity contribution < 1.29 is 4.79 Å². The number of amides is 1. The molecule has 1 fully saturated rings. The SMILES string of the molecule is Cc1cccc(N2CCCCC2)c1NNC=O. The highest BCUT2D eigenvalue weighted by atomic mass is 16.1. The second-order valence-electron chi connectivity index (χ2n) is 4.40. The number of piperidine rings is 1. The number of benzene rings is 1. The molecule has 1 aromatic carbocycles. The molecule has 4 nitrogen and oxygen atoms in total. The molecule has 2 N–H and O–H groups in total. The molecular weight excluding hydrogens is 214 g/mol.